The Morgan fingerprint density at radius 2 is 2.56 bits per heavy atom. The molecule has 1 rings (SSSR count). The summed E-state index contributed by atoms with van der Waals surface area (Å²) in [7, 11) is 0. The molecule has 0 amide bonds. The van der Waals surface area contributed by atoms with E-state index in [1.165, 1.54) is 0 Å². The molecule has 1 aliphatic rings. The van der Waals surface area contributed by atoms with Crippen LogP contribution >= 0.6 is 15.9 Å². The van der Waals surface area contributed by atoms with Gasteiger partial charge in [-0.2, -0.15) is 0 Å². The summed E-state index contributed by atoms with van der Waals surface area (Å²) in [6.07, 6.45) is 3.93. The first-order valence-corrected chi connectivity index (χ1v) is 3.77. The maximum absolute atomic E-state index is 10.8. The molecule has 0 radical (unpaired) electrons. The maximum Gasteiger partial charge on any atom is 0.181 e. The molecule has 1 aliphatic heterocycles. The summed E-state index contributed by atoms with van der Waals surface area (Å²) in [5.41, 5.74) is 0.623. The summed E-state index contributed by atoms with van der Waals surface area (Å²) in [6, 6.07) is 0. The van der Waals surface area contributed by atoms with Gasteiger partial charge in [0.15, 0.2) is 5.78 Å². The number of Topliss-reactive ketones (excluding diaryl/α,β-unsaturated/α-hetero) is 1. The second-order valence-corrected chi connectivity index (χ2v) is 2.28. The van der Waals surface area contributed by atoms with E-state index in [2.05, 4.69) is 20.9 Å². The molecule has 9 heavy (non-hydrogen) atoms. The molecule has 2 nitrogen and oxygen atoms in total. The van der Waals surface area contributed by atoms with Gasteiger partial charge in [-0.25, -0.2) is 0 Å². The number of halogens is 1. The molecule has 0 bridgehead atoms. The lowest BCUT2D eigenvalue weighted by Gasteiger charge is -2.00. The quantitative estimate of drug-likeness (QED) is 0.570. The van der Waals surface area contributed by atoms with Crippen molar-refractivity contribution in [1.29, 1.82) is 0 Å². The van der Waals surface area contributed by atoms with Crippen LogP contribution in [0.4, 0.5) is 0 Å². The minimum absolute atomic E-state index is 0.120. The van der Waals surface area contributed by atoms with Gasteiger partial charge in [0.1, 0.15) is 0 Å². The number of ketones is 1. The van der Waals surface area contributed by atoms with Crippen molar-refractivity contribution in [3.8, 4) is 0 Å². The van der Waals surface area contributed by atoms with Gasteiger partial charge in [-0.1, -0.05) is 22.0 Å². The Kier molecular flexibility index (Phi) is 2.16. The van der Waals surface area contributed by atoms with Crippen molar-refractivity contribution >= 4 is 27.4 Å². The number of hydrogen-bond acceptors (Lipinski definition) is 2. The number of nitrogens with zero attached hydrogens (tertiary/aromatic N) is 1. The third-order valence-corrected chi connectivity index (χ3v) is 1.62. The predicted octanol–water partition coefficient (Wildman–Crippen LogP) is 1.31. The fourth-order valence-corrected chi connectivity index (χ4v) is 1.06. The Morgan fingerprint density at radius 3 is 3.00 bits per heavy atom. The molecule has 1 heterocycles. The second-order valence-electron chi connectivity index (χ2n) is 1.72. The Labute approximate surface area is 61.8 Å². The highest BCUT2D eigenvalue weighted by Crippen LogP contribution is 2.00. The number of carbonyl (C=O) groups excluding carboxylic acids is 1. The van der Waals surface area contributed by atoms with Crippen LogP contribution in [0.2, 0.25) is 0 Å². The van der Waals surface area contributed by atoms with Crippen LogP contribution < -0.4 is 0 Å². The van der Waals surface area contributed by atoms with Crippen LogP contribution in [0.5, 0.6) is 0 Å². The smallest absolute Gasteiger partial charge is 0.181 e. The van der Waals surface area contributed by atoms with E-state index in [1.807, 2.05) is 0 Å². The third-order valence-electron chi connectivity index (χ3n) is 1.09. The van der Waals surface area contributed by atoms with Gasteiger partial charge >= 0.3 is 0 Å². The van der Waals surface area contributed by atoms with Crippen LogP contribution in [0.1, 0.15) is 6.42 Å². The van der Waals surface area contributed by atoms with Crippen molar-refractivity contribution in [1.82, 2.24) is 0 Å². The van der Waals surface area contributed by atoms with Gasteiger partial charge < -0.3 is 0 Å². The maximum atomic E-state index is 10.8. The van der Waals surface area contributed by atoms with Gasteiger partial charge in [0.05, 0.1) is 5.71 Å². The molecule has 0 saturated carbocycles. The predicted molar refractivity (Wildman–Crippen MR) is 40.0 cm³/mol. The fourth-order valence-electron chi connectivity index (χ4n) is 0.601. The number of carbonyl (C=O) groups is 1. The van der Waals surface area contributed by atoms with E-state index >= 15 is 0 Å². The molecule has 0 spiro atoms. The summed E-state index contributed by atoms with van der Waals surface area (Å²) in [6.45, 7) is 0. The first-order chi connectivity index (χ1) is 4.34. The van der Waals surface area contributed by atoms with Crippen molar-refractivity contribution in [2.24, 2.45) is 4.99 Å². The number of aliphatic imine (C=N–C) groups is 1. The minimum Gasteiger partial charge on any atom is -0.292 e. The lowest BCUT2D eigenvalue weighted by Crippen LogP contribution is -2.15. The van der Waals surface area contributed by atoms with Crippen molar-refractivity contribution in [2.45, 2.75) is 6.42 Å². The Bertz CT molecular complexity index is 183. The highest BCUT2D eigenvalue weighted by molar-refractivity contribution is 9.09. The van der Waals surface area contributed by atoms with Crippen LogP contribution in [0, 0.1) is 0 Å². The van der Waals surface area contributed by atoms with Crippen LogP contribution in [0.3, 0.4) is 0 Å². The van der Waals surface area contributed by atoms with Crippen molar-refractivity contribution in [3.05, 3.63) is 12.3 Å². The standard InChI is InChI=1S/C6H6BrNO/c7-4-5-6(9)2-1-3-8-5/h1,3H,2,4H2. The Hall–Kier alpha value is -0.440. The molecule has 0 aromatic carbocycles. The monoisotopic (exact) mass is 187 g/mol. The molecule has 48 valence electrons. The van der Waals surface area contributed by atoms with Crippen molar-refractivity contribution in [2.75, 3.05) is 5.33 Å². The molecule has 0 aromatic heterocycles. The lowest BCUT2D eigenvalue weighted by molar-refractivity contribution is -0.112. The zero-order chi connectivity index (χ0) is 6.69. The summed E-state index contributed by atoms with van der Waals surface area (Å²) >= 11 is 3.17. The second kappa shape index (κ2) is 2.92. The van der Waals surface area contributed by atoms with Gasteiger partial charge in [0.2, 0.25) is 0 Å². The fraction of sp³-hybridized carbons (Fsp3) is 0.333. The molecule has 0 saturated heterocycles. The lowest BCUT2D eigenvalue weighted by atomic mass is 10.2. The SMILES string of the molecule is O=C1CC=CN=C1CBr. The first-order valence-electron chi connectivity index (χ1n) is 2.65. The number of allylic oxidation sites excluding steroid dienone is 1. The van der Waals surface area contributed by atoms with E-state index in [4.69, 9.17) is 0 Å². The molecular formula is C6H6BrNO. The van der Waals surface area contributed by atoms with E-state index in [9.17, 15) is 4.79 Å². The van der Waals surface area contributed by atoms with Crippen LogP contribution in [-0.2, 0) is 4.79 Å². The first kappa shape index (κ1) is 6.68. The van der Waals surface area contributed by atoms with Gasteiger partial charge in [0.25, 0.3) is 0 Å². The molecule has 0 unspecified atom stereocenters. The van der Waals surface area contributed by atoms with Crippen molar-refractivity contribution in [3.63, 3.8) is 0 Å². The molecule has 0 aromatic rings. The van der Waals surface area contributed by atoms with Crippen LogP contribution in [-0.4, -0.2) is 16.8 Å². The van der Waals surface area contributed by atoms with E-state index in [0.29, 0.717) is 17.5 Å². The molecule has 0 aliphatic carbocycles. The molecule has 3 heteroatoms. The van der Waals surface area contributed by atoms with Gasteiger partial charge in [-0.3, -0.25) is 9.79 Å². The van der Waals surface area contributed by atoms with Crippen LogP contribution in [0.25, 0.3) is 0 Å². The minimum atomic E-state index is 0.120. The summed E-state index contributed by atoms with van der Waals surface area (Å²) in [4.78, 5) is 14.7. The largest absolute Gasteiger partial charge is 0.292 e. The Balaban J connectivity index is 2.74. The average Bonchev–Trinajstić information content (AvgIpc) is 1.89. The molecule has 0 fully saturated rings. The zero-order valence-corrected chi connectivity index (χ0v) is 6.39. The van der Waals surface area contributed by atoms with E-state index in [0.717, 1.165) is 0 Å². The van der Waals surface area contributed by atoms with E-state index < -0.39 is 0 Å². The molecular weight excluding hydrogens is 182 g/mol. The van der Waals surface area contributed by atoms with Gasteiger partial charge in [-0.05, 0) is 0 Å². The van der Waals surface area contributed by atoms with Crippen LogP contribution in [0.15, 0.2) is 17.3 Å². The topological polar surface area (TPSA) is 29.4 Å². The van der Waals surface area contributed by atoms with Gasteiger partial charge in [-0.15, -0.1) is 0 Å². The highest BCUT2D eigenvalue weighted by atomic mass is 79.9. The third kappa shape index (κ3) is 1.48. The molecule has 0 atom stereocenters. The number of alkyl halides is 1. The summed E-state index contributed by atoms with van der Waals surface area (Å²) < 4.78 is 0. The van der Waals surface area contributed by atoms with Crippen molar-refractivity contribution < 1.29 is 4.79 Å². The average molecular weight is 188 g/mol. The van der Waals surface area contributed by atoms with E-state index in [1.54, 1.807) is 12.3 Å². The summed E-state index contributed by atoms with van der Waals surface area (Å²) in [5, 5.41) is 0.566. The number of rotatable bonds is 1. The summed E-state index contributed by atoms with van der Waals surface area (Å²) in [5.74, 6) is 0.120. The van der Waals surface area contributed by atoms with Gasteiger partial charge in [0, 0.05) is 18.0 Å². The normalized spacial score (nSPS) is 17.9. The zero-order valence-electron chi connectivity index (χ0n) is 4.80. The highest BCUT2D eigenvalue weighted by Gasteiger charge is 2.09. The number of hydrogen-bond donors (Lipinski definition) is 0. The Morgan fingerprint density at radius 1 is 1.78 bits per heavy atom. The van der Waals surface area contributed by atoms with E-state index in [-0.39, 0.29) is 5.78 Å². The molecule has 0 N–H and O–H groups in total.